The number of guanidine groups is 1. The summed E-state index contributed by atoms with van der Waals surface area (Å²) in [5.41, 5.74) is 0. The van der Waals surface area contributed by atoms with Gasteiger partial charge in [-0.3, -0.25) is 25.2 Å². The number of aliphatic carboxylic acids is 1. The standard InChI is InChI=1S/C7H9N3O4/c1-3(6(13)14)10-5(12)2-4(11)9-7(10)8/h3H,2H2,1H3,(H,13,14)(H2,8,9,11). The van der Waals surface area contributed by atoms with Crippen LogP contribution in [0, 0.1) is 5.41 Å². The number of amides is 2. The molecule has 1 fully saturated rings. The number of carbonyl (C=O) groups is 3. The van der Waals surface area contributed by atoms with Crippen molar-refractivity contribution in [1.29, 1.82) is 5.41 Å². The van der Waals surface area contributed by atoms with E-state index in [9.17, 15) is 14.4 Å². The van der Waals surface area contributed by atoms with E-state index >= 15 is 0 Å². The van der Waals surface area contributed by atoms with Crippen molar-refractivity contribution in [3.05, 3.63) is 0 Å². The molecule has 1 aliphatic heterocycles. The predicted molar refractivity (Wildman–Crippen MR) is 44.4 cm³/mol. The zero-order valence-electron chi connectivity index (χ0n) is 7.40. The van der Waals surface area contributed by atoms with Gasteiger partial charge in [0.05, 0.1) is 0 Å². The summed E-state index contributed by atoms with van der Waals surface area (Å²) in [7, 11) is 0. The first-order valence-electron chi connectivity index (χ1n) is 3.86. The van der Waals surface area contributed by atoms with Gasteiger partial charge in [-0.05, 0) is 6.92 Å². The normalized spacial score (nSPS) is 19.2. The maximum absolute atomic E-state index is 11.2. The first-order valence-corrected chi connectivity index (χ1v) is 3.86. The first-order chi connectivity index (χ1) is 6.43. The van der Waals surface area contributed by atoms with E-state index in [1.807, 2.05) is 0 Å². The molecule has 7 heteroatoms. The van der Waals surface area contributed by atoms with Gasteiger partial charge in [-0.15, -0.1) is 0 Å². The number of carboxylic acids is 1. The van der Waals surface area contributed by atoms with Crippen LogP contribution in [0.25, 0.3) is 0 Å². The fraction of sp³-hybridized carbons (Fsp3) is 0.429. The Balaban J connectivity index is 2.87. The summed E-state index contributed by atoms with van der Waals surface area (Å²) in [6.45, 7) is 1.27. The van der Waals surface area contributed by atoms with Gasteiger partial charge in [0, 0.05) is 0 Å². The van der Waals surface area contributed by atoms with Crippen molar-refractivity contribution in [2.45, 2.75) is 19.4 Å². The van der Waals surface area contributed by atoms with Crippen LogP contribution in [0.2, 0.25) is 0 Å². The Morgan fingerprint density at radius 1 is 1.64 bits per heavy atom. The van der Waals surface area contributed by atoms with Crippen LogP contribution in [-0.4, -0.2) is 39.8 Å². The predicted octanol–water partition coefficient (Wildman–Crippen LogP) is -1.26. The van der Waals surface area contributed by atoms with Crippen molar-refractivity contribution < 1.29 is 19.5 Å². The molecule has 1 unspecified atom stereocenters. The van der Waals surface area contributed by atoms with Crippen molar-refractivity contribution in [2.24, 2.45) is 0 Å². The third-order valence-corrected chi connectivity index (χ3v) is 1.82. The summed E-state index contributed by atoms with van der Waals surface area (Å²) in [5.74, 6) is -2.97. The van der Waals surface area contributed by atoms with Crippen LogP contribution in [0.3, 0.4) is 0 Å². The number of carbonyl (C=O) groups excluding carboxylic acids is 2. The van der Waals surface area contributed by atoms with Crippen molar-refractivity contribution in [3.8, 4) is 0 Å². The van der Waals surface area contributed by atoms with Gasteiger partial charge in [0.2, 0.25) is 17.8 Å². The molecule has 14 heavy (non-hydrogen) atoms. The molecule has 3 N–H and O–H groups in total. The van der Waals surface area contributed by atoms with E-state index in [0.717, 1.165) is 4.90 Å². The van der Waals surface area contributed by atoms with Crippen LogP contribution in [-0.2, 0) is 14.4 Å². The molecule has 0 radical (unpaired) electrons. The summed E-state index contributed by atoms with van der Waals surface area (Å²) in [6.07, 6.45) is -0.417. The molecule has 2 amide bonds. The fourth-order valence-corrected chi connectivity index (χ4v) is 1.10. The highest BCUT2D eigenvalue weighted by molar-refractivity contribution is 6.16. The summed E-state index contributed by atoms with van der Waals surface area (Å²) < 4.78 is 0. The number of nitrogens with one attached hydrogen (secondary N) is 2. The zero-order valence-corrected chi connectivity index (χ0v) is 7.40. The Hall–Kier alpha value is -1.92. The maximum Gasteiger partial charge on any atom is 0.326 e. The molecule has 0 aliphatic carbocycles. The summed E-state index contributed by atoms with van der Waals surface area (Å²) in [6, 6.07) is -1.14. The van der Waals surface area contributed by atoms with E-state index in [1.54, 1.807) is 0 Å². The summed E-state index contributed by atoms with van der Waals surface area (Å²) >= 11 is 0. The molecule has 76 valence electrons. The minimum Gasteiger partial charge on any atom is -0.480 e. The second-order valence-corrected chi connectivity index (χ2v) is 2.85. The zero-order chi connectivity index (χ0) is 10.9. The number of hydrogen-bond donors (Lipinski definition) is 3. The molecule has 0 bridgehead atoms. The Labute approximate surface area is 79.2 Å². The van der Waals surface area contributed by atoms with Crippen LogP contribution in [0.15, 0.2) is 0 Å². The molecule has 1 rings (SSSR count). The van der Waals surface area contributed by atoms with Crippen LogP contribution < -0.4 is 5.32 Å². The number of nitrogens with zero attached hydrogens (tertiary/aromatic N) is 1. The lowest BCUT2D eigenvalue weighted by molar-refractivity contribution is -0.148. The van der Waals surface area contributed by atoms with E-state index in [2.05, 4.69) is 5.32 Å². The van der Waals surface area contributed by atoms with E-state index in [1.165, 1.54) is 6.92 Å². The molecule has 7 nitrogen and oxygen atoms in total. The molecule has 0 aromatic carbocycles. The minimum absolute atomic E-state index is 0.417. The average molecular weight is 199 g/mol. The Morgan fingerprint density at radius 2 is 2.21 bits per heavy atom. The smallest absolute Gasteiger partial charge is 0.326 e. The van der Waals surface area contributed by atoms with E-state index in [-0.39, 0.29) is 0 Å². The van der Waals surface area contributed by atoms with Gasteiger partial charge < -0.3 is 5.11 Å². The summed E-state index contributed by atoms with van der Waals surface area (Å²) in [5, 5.41) is 18.0. The van der Waals surface area contributed by atoms with Crippen molar-refractivity contribution >= 4 is 23.7 Å². The SMILES string of the molecule is CC(C(=O)O)N1C(=N)NC(=O)CC1=O. The second-order valence-electron chi connectivity index (χ2n) is 2.85. The van der Waals surface area contributed by atoms with Gasteiger partial charge in [0.1, 0.15) is 12.5 Å². The lowest BCUT2D eigenvalue weighted by Gasteiger charge is -2.29. The molecule has 0 saturated carbocycles. The number of hydrogen-bond acceptors (Lipinski definition) is 4. The average Bonchev–Trinajstić information content (AvgIpc) is 2.01. The van der Waals surface area contributed by atoms with Crippen LogP contribution in [0.4, 0.5) is 0 Å². The van der Waals surface area contributed by atoms with Crippen molar-refractivity contribution in [3.63, 3.8) is 0 Å². The molecule has 0 aromatic heterocycles. The quantitative estimate of drug-likeness (QED) is 0.482. The highest BCUT2D eigenvalue weighted by atomic mass is 16.4. The van der Waals surface area contributed by atoms with Gasteiger partial charge in [0.25, 0.3) is 0 Å². The van der Waals surface area contributed by atoms with Gasteiger partial charge in [-0.25, -0.2) is 4.79 Å². The lowest BCUT2D eigenvalue weighted by atomic mass is 10.2. The highest BCUT2D eigenvalue weighted by Crippen LogP contribution is 2.07. The summed E-state index contributed by atoms with van der Waals surface area (Å²) in [4.78, 5) is 33.3. The Morgan fingerprint density at radius 3 is 2.64 bits per heavy atom. The fourth-order valence-electron chi connectivity index (χ4n) is 1.10. The van der Waals surface area contributed by atoms with E-state index < -0.39 is 36.2 Å². The molecule has 1 aliphatic rings. The van der Waals surface area contributed by atoms with Crippen LogP contribution in [0.5, 0.6) is 0 Å². The third-order valence-electron chi connectivity index (χ3n) is 1.82. The van der Waals surface area contributed by atoms with Gasteiger partial charge in [-0.1, -0.05) is 0 Å². The minimum atomic E-state index is -1.22. The molecular formula is C7H9N3O4. The van der Waals surface area contributed by atoms with E-state index in [4.69, 9.17) is 10.5 Å². The monoisotopic (exact) mass is 199 g/mol. The van der Waals surface area contributed by atoms with E-state index in [0.29, 0.717) is 0 Å². The van der Waals surface area contributed by atoms with Crippen LogP contribution in [0.1, 0.15) is 13.3 Å². The lowest BCUT2D eigenvalue weighted by Crippen LogP contribution is -2.58. The van der Waals surface area contributed by atoms with Gasteiger partial charge in [-0.2, -0.15) is 0 Å². The van der Waals surface area contributed by atoms with Crippen LogP contribution >= 0.6 is 0 Å². The first kappa shape index (κ1) is 10.2. The highest BCUT2D eigenvalue weighted by Gasteiger charge is 2.34. The van der Waals surface area contributed by atoms with Gasteiger partial charge in [0.15, 0.2) is 0 Å². The van der Waals surface area contributed by atoms with Gasteiger partial charge >= 0.3 is 5.97 Å². The Bertz CT molecular complexity index is 305. The molecule has 0 spiro atoms. The third kappa shape index (κ3) is 1.70. The maximum atomic E-state index is 11.2. The van der Waals surface area contributed by atoms with Crippen molar-refractivity contribution in [1.82, 2.24) is 10.2 Å². The molecule has 1 saturated heterocycles. The Kier molecular flexibility index (Phi) is 2.50. The topological polar surface area (TPSA) is 111 Å². The second kappa shape index (κ2) is 3.44. The molecule has 1 heterocycles. The number of rotatable bonds is 2. The number of carboxylic acid groups (broad SMARTS) is 1. The van der Waals surface area contributed by atoms with Crippen molar-refractivity contribution in [2.75, 3.05) is 0 Å². The largest absolute Gasteiger partial charge is 0.480 e. The molecular weight excluding hydrogens is 190 g/mol. The molecule has 1 atom stereocenters. The molecule has 0 aromatic rings.